The summed E-state index contributed by atoms with van der Waals surface area (Å²) in [6, 6.07) is 0. The lowest BCUT2D eigenvalue weighted by Crippen LogP contribution is -2.02. The Hall–Kier alpha value is -0.830. The van der Waals surface area contributed by atoms with Crippen LogP contribution in [0.3, 0.4) is 0 Å². The molecule has 0 saturated carbocycles. The van der Waals surface area contributed by atoms with Crippen molar-refractivity contribution in [2.75, 3.05) is 13.2 Å². The first kappa shape index (κ1) is 23.2. The predicted octanol–water partition coefficient (Wildman–Crippen LogP) is 5.95. The number of ether oxygens (including phenoxy) is 1. The van der Waals surface area contributed by atoms with Crippen LogP contribution in [0.25, 0.3) is 0 Å². The minimum absolute atomic E-state index is 0.205. The van der Waals surface area contributed by atoms with Crippen molar-refractivity contribution in [3.8, 4) is 0 Å². The molecule has 0 aliphatic carbocycles. The van der Waals surface area contributed by atoms with E-state index in [1.807, 2.05) is 13.8 Å². The molecule has 0 aliphatic heterocycles. The molecule has 142 valence electrons. The number of carbonyl (C=O) groups excluding carboxylic acids is 1. The van der Waals surface area contributed by atoms with Gasteiger partial charge in [0.25, 0.3) is 0 Å². The van der Waals surface area contributed by atoms with Crippen LogP contribution in [0.1, 0.15) is 104 Å². The summed E-state index contributed by atoms with van der Waals surface area (Å²) in [6.45, 7) is 4.71. The number of aliphatic hydroxyl groups excluding tert-OH is 1. The molecule has 24 heavy (non-hydrogen) atoms. The molecule has 3 heteroatoms. The molecule has 3 nitrogen and oxygen atoms in total. The van der Waals surface area contributed by atoms with E-state index >= 15 is 0 Å². The van der Waals surface area contributed by atoms with E-state index in [4.69, 9.17) is 9.84 Å². The number of unbranched alkanes of at least 4 members (excludes halogenated alkanes) is 13. The fraction of sp³-hybridized carbons (Fsp3) is 0.857. The first-order valence-corrected chi connectivity index (χ1v) is 10.1. The van der Waals surface area contributed by atoms with Gasteiger partial charge in [-0.2, -0.15) is 0 Å². The van der Waals surface area contributed by atoms with E-state index in [-0.39, 0.29) is 5.97 Å². The molecule has 0 atom stereocenters. The highest BCUT2D eigenvalue weighted by atomic mass is 16.5. The fourth-order valence-electron chi connectivity index (χ4n) is 2.79. The summed E-state index contributed by atoms with van der Waals surface area (Å²) in [5, 5.41) is 8.70. The Labute approximate surface area is 149 Å². The fourth-order valence-corrected chi connectivity index (χ4v) is 2.79. The molecular weight excluding hydrogens is 300 g/mol. The second-order valence-corrected chi connectivity index (χ2v) is 7.06. The maximum atomic E-state index is 11.3. The van der Waals surface area contributed by atoms with E-state index in [9.17, 15) is 4.79 Å². The van der Waals surface area contributed by atoms with Crippen LogP contribution < -0.4 is 0 Å². The van der Waals surface area contributed by atoms with Gasteiger partial charge in [0, 0.05) is 12.7 Å². The van der Waals surface area contributed by atoms with Crippen LogP contribution in [-0.4, -0.2) is 24.3 Å². The molecule has 0 rings (SSSR count). The smallest absolute Gasteiger partial charge is 0.330 e. The second-order valence-electron chi connectivity index (χ2n) is 7.06. The molecule has 0 bridgehead atoms. The van der Waals surface area contributed by atoms with Crippen molar-refractivity contribution in [2.45, 2.75) is 104 Å². The molecule has 0 aromatic carbocycles. The number of hydrogen-bond donors (Lipinski definition) is 1. The van der Waals surface area contributed by atoms with Crippen molar-refractivity contribution in [3.63, 3.8) is 0 Å². The van der Waals surface area contributed by atoms with Gasteiger partial charge in [-0.3, -0.25) is 0 Å². The average molecular weight is 341 g/mol. The first-order chi connectivity index (χ1) is 11.7. The molecule has 0 radical (unpaired) electrons. The SMILES string of the molecule is CC(C)=CC(=O)OCCCCCCCCCCCCCCCCO. The largest absolute Gasteiger partial charge is 0.463 e. The molecule has 0 spiro atoms. The summed E-state index contributed by atoms with van der Waals surface area (Å²) in [4.78, 5) is 11.3. The van der Waals surface area contributed by atoms with Gasteiger partial charge in [0.2, 0.25) is 0 Å². The average Bonchev–Trinajstić information content (AvgIpc) is 2.53. The zero-order valence-corrected chi connectivity index (χ0v) is 16.2. The van der Waals surface area contributed by atoms with Crippen molar-refractivity contribution >= 4 is 5.97 Å². The van der Waals surface area contributed by atoms with Crippen LogP contribution in [0.4, 0.5) is 0 Å². The molecule has 0 amide bonds. The Balaban J connectivity index is 3.10. The number of hydrogen-bond acceptors (Lipinski definition) is 3. The Morgan fingerprint density at radius 2 is 1.08 bits per heavy atom. The number of allylic oxidation sites excluding steroid dienone is 1. The van der Waals surface area contributed by atoms with Crippen molar-refractivity contribution in [3.05, 3.63) is 11.6 Å². The summed E-state index contributed by atoms with van der Waals surface area (Å²) in [5.74, 6) is -0.205. The van der Waals surface area contributed by atoms with Crippen molar-refractivity contribution in [1.29, 1.82) is 0 Å². The summed E-state index contributed by atoms with van der Waals surface area (Å²) in [6.07, 6.45) is 19.2. The number of carbonyl (C=O) groups is 1. The lowest BCUT2D eigenvalue weighted by atomic mass is 10.0. The van der Waals surface area contributed by atoms with E-state index < -0.39 is 0 Å². The zero-order chi connectivity index (χ0) is 17.9. The molecule has 0 aromatic rings. The number of rotatable bonds is 17. The van der Waals surface area contributed by atoms with Crippen molar-refractivity contribution in [2.24, 2.45) is 0 Å². The standard InChI is InChI=1S/C21H40O3/c1-20(2)19-21(23)24-18-16-14-12-10-8-6-4-3-5-7-9-11-13-15-17-22/h19,22H,3-18H2,1-2H3. The third-order valence-electron chi connectivity index (χ3n) is 4.20. The quantitative estimate of drug-likeness (QED) is 0.202. The highest BCUT2D eigenvalue weighted by Gasteiger charge is 1.98. The molecule has 0 unspecified atom stereocenters. The first-order valence-electron chi connectivity index (χ1n) is 10.1. The lowest BCUT2D eigenvalue weighted by Gasteiger charge is -2.04. The molecule has 0 fully saturated rings. The van der Waals surface area contributed by atoms with E-state index in [1.54, 1.807) is 6.08 Å². The molecule has 0 saturated heterocycles. The molecule has 0 aromatic heterocycles. The zero-order valence-electron chi connectivity index (χ0n) is 16.2. The normalized spacial score (nSPS) is 10.6. The third-order valence-corrected chi connectivity index (χ3v) is 4.20. The molecule has 0 heterocycles. The van der Waals surface area contributed by atoms with Crippen LogP contribution in [0.15, 0.2) is 11.6 Å². The minimum Gasteiger partial charge on any atom is -0.463 e. The Morgan fingerprint density at radius 1 is 0.708 bits per heavy atom. The number of esters is 1. The van der Waals surface area contributed by atoms with E-state index in [2.05, 4.69) is 0 Å². The van der Waals surface area contributed by atoms with Gasteiger partial charge in [0.05, 0.1) is 6.61 Å². The van der Waals surface area contributed by atoms with Gasteiger partial charge in [-0.1, -0.05) is 82.6 Å². The predicted molar refractivity (Wildman–Crippen MR) is 102 cm³/mol. The molecule has 0 aliphatic rings. The van der Waals surface area contributed by atoms with Crippen molar-refractivity contribution < 1.29 is 14.6 Å². The van der Waals surface area contributed by atoms with E-state index in [0.29, 0.717) is 13.2 Å². The van der Waals surface area contributed by atoms with Gasteiger partial charge < -0.3 is 9.84 Å². The monoisotopic (exact) mass is 340 g/mol. The van der Waals surface area contributed by atoms with Gasteiger partial charge in [-0.15, -0.1) is 0 Å². The van der Waals surface area contributed by atoms with Gasteiger partial charge in [0.1, 0.15) is 0 Å². The summed E-state index contributed by atoms with van der Waals surface area (Å²) < 4.78 is 5.14. The highest BCUT2D eigenvalue weighted by Crippen LogP contribution is 2.13. The molecular formula is C21H40O3. The number of aliphatic hydroxyl groups is 1. The van der Waals surface area contributed by atoms with Gasteiger partial charge >= 0.3 is 5.97 Å². The minimum atomic E-state index is -0.205. The van der Waals surface area contributed by atoms with Crippen LogP contribution in [0.2, 0.25) is 0 Å². The summed E-state index contributed by atoms with van der Waals surface area (Å²) >= 11 is 0. The topological polar surface area (TPSA) is 46.5 Å². The van der Waals surface area contributed by atoms with E-state index in [0.717, 1.165) is 24.8 Å². The third kappa shape index (κ3) is 19.2. The van der Waals surface area contributed by atoms with Crippen LogP contribution in [-0.2, 0) is 9.53 Å². The van der Waals surface area contributed by atoms with Gasteiger partial charge in [0.15, 0.2) is 0 Å². The Morgan fingerprint density at radius 3 is 1.46 bits per heavy atom. The van der Waals surface area contributed by atoms with Crippen LogP contribution >= 0.6 is 0 Å². The second kappa shape index (κ2) is 18.5. The summed E-state index contributed by atoms with van der Waals surface area (Å²) in [5.41, 5.74) is 0.988. The van der Waals surface area contributed by atoms with Crippen LogP contribution in [0, 0.1) is 0 Å². The Kier molecular flexibility index (Phi) is 17.9. The van der Waals surface area contributed by atoms with Crippen molar-refractivity contribution in [1.82, 2.24) is 0 Å². The van der Waals surface area contributed by atoms with Gasteiger partial charge in [-0.25, -0.2) is 4.79 Å². The maximum Gasteiger partial charge on any atom is 0.330 e. The highest BCUT2D eigenvalue weighted by molar-refractivity contribution is 5.82. The maximum absolute atomic E-state index is 11.3. The Bertz CT molecular complexity index is 306. The van der Waals surface area contributed by atoms with E-state index in [1.165, 1.54) is 70.6 Å². The van der Waals surface area contributed by atoms with Gasteiger partial charge in [-0.05, 0) is 26.7 Å². The lowest BCUT2D eigenvalue weighted by molar-refractivity contribution is -0.137. The molecule has 1 N–H and O–H groups in total. The summed E-state index contributed by atoms with van der Waals surface area (Å²) in [7, 11) is 0. The van der Waals surface area contributed by atoms with Crippen LogP contribution in [0.5, 0.6) is 0 Å².